The molecule has 1 heterocycles. The van der Waals surface area contributed by atoms with Gasteiger partial charge in [0, 0.05) is 32.8 Å². The van der Waals surface area contributed by atoms with Crippen LogP contribution in [0.1, 0.15) is 33.6 Å². The van der Waals surface area contributed by atoms with Gasteiger partial charge in [-0.3, -0.25) is 0 Å². The molecule has 1 saturated heterocycles. The van der Waals surface area contributed by atoms with Crippen LogP contribution < -0.4 is 5.32 Å². The van der Waals surface area contributed by atoms with Crippen LogP contribution in [0.2, 0.25) is 0 Å². The molecule has 0 saturated carbocycles. The zero-order chi connectivity index (χ0) is 12.7. The van der Waals surface area contributed by atoms with Crippen LogP contribution in [0.4, 0.5) is 0 Å². The maximum atomic E-state index is 5.52. The lowest BCUT2D eigenvalue weighted by molar-refractivity contribution is -0.00161. The van der Waals surface area contributed by atoms with Crippen molar-refractivity contribution in [2.24, 2.45) is 11.3 Å². The minimum atomic E-state index is 0.428. The number of hydrogen-bond acceptors (Lipinski definition) is 3. The van der Waals surface area contributed by atoms with Crippen LogP contribution in [0, 0.1) is 11.3 Å². The van der Waals surface area contributed by atoms with E-state index in [2.05, 4.69) is 38.0 Å². The number of rotatable bonds is 7. The van der Waals surface area contributed by atoms with Crippen molar-refractivity contribution in [2.45, 2.75) is 33.6 Å². The molecule has 3 nitrogen and oxygen atoms in total. The van der Waals surface area contributed by atoms with E-state index < -0.39 is 0 Å². The van der Waals surface area contributed by atoms with Crippen molar-refractivity contribution < 1.29 is 4.74 Å². The molecule has 1 rings (SSSR count). The predicted molar refractivity (Wildman–Crippen MR) is 73.4 cm³/mol. The molecule has 0 aliphatic carbocycles. The first-order chi connectivity index (χ1) is 8.08. The van der Waals surface area contributed by atoms with Crippen molar-refractivity contribution in [2.75, 3.05) is 46.4 Å². The van der Waals surface area contributed by atoms with Crippen LogP contribution in [-0.2, 0) is 4.74 Å². The van der Waals surface area contributed by atoms with E-state index >= 15 is 0 Å². The summed E-state index contributed by atoms with van der Waals surface area (Å²) < 4.78 is 5.52. The first kappa shape index (κ1) is 14.9. The lowest BCUT2D eigenvalue weighted by Gasteiger charge is -2.40. The Bertz CT molecular complexity index is 200. The Kier molecular flexibility index (Phi) is 6.45. The Hall–Kier alpha value is -0.120. The van der Waals surface area contributed by atoms with Gasteiger partial charge in [0.15, 0.2) is 0 Å². The first-order valence-electron chi connectivity index (χ1n) is 7.05. The van der Waals surface area contributed by atoms with Crippen molar-refractivity contribution in [3.8, 4) is 0 Å². The van der Waals surface area contributed by atoms with Crippen LogP contribution in [0.25, 0.3) is 0 Å². The van der Waals surface area contributed by atoms with Crippen LogP contribution in [0.5, 0.6) is 0 Å². The van der Waals surface area contributed by atoms with Gasteiger partial charge in [0.1, 0.15) is 0 Å². The average molecular weight is 242 g/mol. The summed E-state index contributed by atoms with van der Waals surface area (Å²) in [5.74, 6) is 0.746. The summed E-state index contributed by atoms with van der Waals surface area (Å²) in [6.07, 6.45) is 2.39. The number of ether oxygens (including phenoxy) is 1. The topological polar surface area (TPSA) is 24.5 Å². The van der Waals surface area contributed by atoms with Gasteiger partial charge in [-0.2, -0.15) is 0 Å². The second-order valence-corrected chi connectivity index (χ2v) is 5.98. The fourth-order valence-corrected chi connectivity index (χ4v) is 2.85. The molecule has 0 radical (unpaired) electrons. The largest absolute Gasteiger partial charge is 0.381 e. The van der Waals surface area contributed by atoms with E-state index in [9.17, 15) is 0 Å². The van der Waals surface area contributed by atoms with Gasteiger partial charge in [-0.25, -0.2) is 0 Å². The van der Waals surface area contributed by atoms with E-state index in [1.54, 1.807) is 0 Å². The molecule has 0 atom stereocenters. The maximum absolute atomic E-state index is 5.52. The molecule has 0 spiro atoms. The van der Waals surface area contributed by atoms with Crippen LogP contribution in [-0.4, -0.2) is 51.3 Å². The standard InChI is InChI=1S/C14H30N2O/c1-5-15-11-14(6-8-17-9-7-14)12-16(4)10-13(2)3/h13,15H,5-12H2,1-4H3. The van der Waals surface area contributed by atoms with Gasteiger partial charge in [-0.15, -0.1) is 0 Å². The molecule has 1 aliphatic rings. The summed E-state index contributed by atoms with van der Waals surface area (Å²) in [6.45, 7) is 13.2. The molecule has 0 aromatic rings. The highest BCUT2D eigenvalue weighted by Gasteiger charge is 2.33. The van der Waals surface area contributed by atoms with Gasteiger partial charge in [0.2, 0.25) is 0 Å². The van der Waals surface area contributed by atoms with Crippen LogP contribution >= 0.6 is 0 Å². The predicted octanol–water partition coefficient (Wildman–Crippen LogP) is 1.98. The summed E-state index contributed by atoms with van der Waals surface area (Å²) in [7, 11) is 2.25. The van der Waals surface area contributed by atoms with E-state index in [1.165, 1.54) is 25.9 Å². The summed E-state index contributed by atoms with van der Waals surface area (Å²) in [5.41, 5.74) is 0.428. The van der Waals surface area contributed by atoms with E-state index in [0.29, 0.717) is 5.41 Å². The van der Waals surface area contributed by atoms with Crippen molar-refractivity contribution in [1.82, 2.24) is 10.2 Å². The van der Waals surface area contributed by atoms with Crippen molar-refractivity contribution in [3.05, 3.63) is 0 Å². The van der Waals surface area contributed by atoms with Gasteiger partial charge in [-0.1, -0.05) is 20.8 Å². The average Bonchev–Trinajstić information content (AvgIpc) is 2.26. The Morgan fingerprint density at radius 2 is 1.94 bits per heavy atom. The molecular formula is C14H30N2O. The number of hydrogen-bond donors (Lipinski definition) is 1. The summed E-state index contributed by atoms with van der Waals surface area (Å²) in [5, 5.41) is 3.54. The molecule has 17 heavy (non-hydrogen) atoms. The minimum absolute atomic E-state index is 0.428. The van der Waals surface area contributed by atoms with E-state index in [0.717, 1.165) is 32.2 Å². The Labute approximate surface area is 107 Å². The van der Waals surface area contributed by atoms with Crippen LogP contribution in [0.15, 0.2) is 0 Å². The number of nitrogens with zero attached hydrogens (tertiary/aromatic N) is 1. The van der Waals surface area contributed by atoms with Crippen molar-refractivity contribution >= 4 is 0 Å². The zero-order valence-corrected chi connectivity index (χ0v) is 12.1. The summed E-state index contributed by atoms with van der Waals surface area (Å²) in [6, 6.07) is 0. The molecule has 1 fully saturated rings. The minimum Gasteiger partial charge on any atom is -0.381 e. The van der Waals surface area contributed by atoms with Crippen LogP contribution in [0.3, 0.4) is 0 Å². The monoisotopic (exact) mass is 242 g/mol. The lowest BCUT2D eigenvalue weighted by Crippen LogP contribution is -2.47. The molecule has 0 bridgehead atoms. The highest BCUT2D eigenvalue weighted by atomic mass is 16.5. The van der Waals surface area contributed by atoms with Gasteiger partial charge in [0.25, 0.3) is 0 Å². The smallest absolute Gasteiger partial charge is 0.0472 e. The zero-order valence-electron chi connectivity index (χ0n) is 12.1. The Morgan fingerprint density at radius 3 is 2.47 bits per heavy atom. The van der Waals surface area contributed by atoms with Crippen molar-refractivity contribution in [3.63, 3.8) is 0 Å². The molecule has 102 valence electrons. The third-order valence-corrected chi connectivity index (χ3v) is 3.59. The van der Waals surface area contributed by atoms with E-state index in [4.69, 9.17) is 4.74 Å². The molecule has 1 N–H and O–H groups in total. The quantitative estimate of drug-likeness (QED) is 0.739. The molecule has 3 heteroatoms. The fraction of sp³-hybridized carbons (Fsp3) is 1.00. The van der Waals surface area contributed by atoms with Crippen molar-refractivity contribution in [1.29, 1.82) is 0 Å². The van der Waals surface area contributed by atoms with Gasteiger partial charge < -0.3 is 15.0 Å². The highest BCUT2D eigenvalue weighted by molar-refractivity contribution is 4.86. The lowest BCUT2D eigenvalue weighted by atomic mass is 9.79. The maximum Gasteiger partial charge on any atom is 0.0472 e. The molecule has 1 aliphatic heterocycles. The Balaban J connectivity index is 2.49. The summed E-state index contributed by atoms with van der Waals surface area (Å²) >= 11 is 0. The third kappa shape index (κ3) is 5.36. The molecule has 0 aromatic carbocycles. The SMILES string of the molecule is CCNCC1(CN(C)CC(C)C)CCOCC1. The second kappa shape index (κ2) is 7.34. The molecular weight excluding hydrogens is 212 g/mol. The van der Waals surface area contributed by atoms with Gasteiger partial charge in [0.05, 0.1) is 0 Å². The van der Waals surface area contributed by atoms with Gasteiger partial charge in [-0.05, 0) is 37.8 Å². The third-order valence-electron chi connectivity index (χ3n) is 3.59. The second-order valence-electron chi connectivity index (χ2n) is 5.98. The first-order valence-corrected chi connectivity index (χ1v) is 7.05. The molecule has 0 amide bonds. The summed E-state index contributed by atoms with van der Waals surface area (Å²) in [4.78, 5) is 2.49. The molecule has 0 aromatic heterocycles. The van der Waals surface area contributed by atoms with Gasteiger partial charge >= 0.3 is 0 Å². The Morgan fingerprint density at radius 1 is 1.29 bits per heavy atom. The highest BCUT2D eigenvalue weighted by Crippen LogP contribution is 2.30. The fourth-order valence-electron chi connectivity index (χ4n) is 2.85. The molecule has 0 unspecified atom stereocenters. The van der Waals surface area contributed by atoms with E-state index in [-0.39, 0.29) is 0 Å². The van der Waals surface area contributed by atoms with E-state index in [1.807, 2.05) is 0 Å². The normalized spacial score (nSPS) is 20.1. The number of nitrogens with one attached hydrogen (secondary N) is 1.